The fourth-order valence-corrected chi connectivity index (χ4v) is 3.84. The minimum Gasteiger partial charge on any atom is -0.481 e. The van der Waals surface area contributed by atoms with Crippen LogP contribution in [0.25, 0.3) is 0 Å². The molecule has 24 heavy (non-hydrogen) atoms. The number of methoxy groups -OCH3 is 1. The molecule has 2 N–H and O–H groups in total. The first-order chi connectivity index (χ1) is 11.5. The van der Waals surface area contributed by atoms with Gasteiger partial charge in [-0.3, -0.25) is 9.69 Å². The lowest BCUT2D eigenvalue weighted by atomic mass is 10.00. The number of nitrogens with zero attached hydrogens (tertiary/aromatic N) is 3. The van der Waals surface area contributed by atoms with E-state index in [0.29, 0.717) is 0 Å². The first kappa shape index (κ1) is 16.5. The Kier molecular flexibility index (Phi) is 4.57. The van der Waals surface area contributed by atoms with Crippen LogP contribution in [-0.4, -0.2) is 34.2 Å². The Labute approximate surface area is 142 Å². The molecule has 1 fully saturated rings. The summed E-state index contributed by atoms with van der Waals surface area (Å²) in [6.45, 7) is 2.81. The maximum absolute atomic E-state index is 12.2. The summed E-state index contributed by atoms with van der Waals surface area (Å²) in [5.41, 5.74) is 8.69. The second-order valence-corrected chi connectivity index (χ2v) is 6.24. The molecule has 2 heterocycles. The van der Waals surface area contributed by atoms with E-state index in [1.165, 1.54) is 0 Å². The molecule has 1 aliphatic rings. The number of rotatable bonds is 5. The van der Waals surface area contributed by atoms with Crippen LogP contribution in [0.5, 0.6) is 5.88 Å². The summed E-state index contributed by atoms with van der Waals surface area (Å²) in [6, 6.07) is 9.36. The molecule has 0 unspecified atom stereocenters. The van der Waals surface area contributed by atoms with E-state index in [9.17, 15) is 4.79 Å². The number of carbonyl (C=O) groups excluding carboxylic acids is 1. The Bertz CT molecular complexity index is 726. The lowest BCUT2D eigenvalue weighted by Crippen LogP contribution is -2.37. The Morgan fingerprint density at radius 2 is 2.08 bits per heavy atom. The highest BCUT2D eigenvalue weighted by Gasteiger charge is 2.38. The van der Waals surface area contributed by atoms with Crippen LogP contribution in [0.1, 0.15) is 41.7 Å². The zero-order chi connectivity index (χ0) is 17.3. The molecule has 1 aromatic heterocycles. The Balaban J connectivity index is 2.02. The molecule has 0 saturated carbocycles. The van der Waals surface area contributed by atoms with Crippen molar-refractivity contribution in [1.29, 1.82) is 0 Å². The maximum Gasteiger partial charge on any atom is 0.239 e. The summed E-state index contributed by atoms with van der Waals surface area (Å²) in [7, 11) is 3.53. The van der Waals surface area contributed by atoms with E-state index >= 15 is 0 Å². The molecule has 0 radical (unpaired) electrons. The average Bonchev–Trinajstić information content (AvgIpc) is 3.11. The van der Waals surface area contributed by atoms with Gasteiger partial charge >= 0.3 is 0 Å². The number of primary amides is 1. The molecule has 6 heteroatoms. The molecular weight excluding hydrogens is 304 g/mol. The summed E-state index contributed by atoms with van der Waals surface area (Å²) < 4.78 is 7.31. The van der Waals surface area contributed by atoms with Gasteiger partial charge in [0.1, 0.15) is 6.04 Å². The highest BCUT2D eigenvalue weighted by Crippen LogP contribution is 2.43. The Hall–Kier alpha value is -2.34. The minimum atomic E-state index is -0.442. The van der Waals surface area contributed by atoms with Crippen LogP contribution in [0.4, 0.5) is 0 Å². The normalized spacial score (nSPS) is 19.4. The summed E-state index contributed by atoms with van der Waals surface area (Å²) >= 11 is 0. The molecule has 6 nitrogen and oxygen atoms in total. The number of nitrogens with two attached hydrogens (primary N) is 1. The SMILES string of the molecule is COc1c([C@@H]2CCCN2[C@@H](C(N)=O)c2ccccc2)c(C)nn1C. The van der Waals surface area contributed by atoms with Crippen molar-refractivity contribution in [1.82, 2.24) is 14.7 Å². The number of amides is 1. The predicted octanol–water partition coefficient (Wildman–Crippen LogP) is 2.10. The average molecular weight is 328 g/mol. The van der Waals surface area contributed by atoms with Crippen molar-refractivity contribution in [2.24, 2.45) is 12.8 Å². The number of hydrogen-bond donors (Lipinski definition) is 1. The van der Waals surface area contributed by atoms with Gasteiger partial charge in [0.05, 0.1) is 18.4 Å². The van der Waals surface area contributed by atoms with Gasteiger partial charge in [-0.1, -0.05) is 30.3 Å². The standard InChI is InChI=1S/C18H24N4O2/c1-12-15(18(24-3)21(2)20-12)14-10-7-11-22(14)16(17(19)23)13-8-5-4-6-9-13/h4-6,8-9,14,16H,7,10-11H2,1-3H3,(H2,19,23)/t14-,16+/m0/s1. The summed E-state index contributed by atoms with van der Waals surface area (Å²) in [5, 5.41) is 4.49. The second-order valence-electron chi connectivity index (χ2n) is 6.24. The van der Waals surface area contributed by atoms with Gasteiger partial charge in [-0.15, -0.1) is 0 Å². The molecule has 3 rings (SSSR count). The third kappa shape index (κ3) is 2.78. The number of aromatic nitrogens is 2. The van der Waals surface area contributed by atoms with E-state index in [4.69, 9.17) is 10.5 Å². The fraction of sp³-hybridized carbons (Fsp3) is 0.444. The monoisotopic (exact) mass is 328 g/mol. The van der Waals surface area contributed by atoms with Crippen LogP contribution in [0.2, 0.25) is 0 Å². The Morgan fingerprint density at radius 3 is 2.71 bits per heavy atom. The van der Waals surface area contributed by atoms with E-state index in [1.807, 2.05) is 44.3 Å². The molecular formula is C18H24N4O2. The number of likely N-dealkylation sites (tertiary alicyclic amines) is 1. The van der Waals surface area contributed by atoms with Gasteiger partial charge in [-0.05, 0) is 31.9 Å². The van der Waals surface area contributed by atoms with Gasteiger partial charge in [-0.25, -0.2) is 4.68 Å². The van der Waals surface area contributed by atoms with Gasteiger partial charge in [0.25, 0.3) is 0 Å². The van der Waals surface area contributed by atoms with Crippen molar-refractivity contribution in [3.8, 4) is 5.88 Å². The van der Waals surface area contributed by atoms with E-state index in [0.717, 1.165) is 42.1 Å². The van der Waals surface area contributed by atoms with Crippen LogP contribution < -0.4 is 10.5 Å². The van der Waals surface area contributed by atoms with Gasteiger partial charge in [-0.2, -0.15) is 5.10 Å². The number of benzene rings is 1. The summed E-state index contributed by atoms with van der Waals surface area (Å²) in [6.07, 6.45) is 1.97. The fourth-order valence-electron chi connectivity index (χ4n) is 3.84. The van der Waals surface area contributed by atoms with Crippen molar-refractivity contribution < 1.29 is 9.53 Å². The topological polar surface area (TPSA) is 73.4 Å². The van der Waals surface area contributed by atoms with Crippen LogP contribution >= 0.6 is 0 Å². The van der Waals surface area contributed by atoms with Crippen molar-refractivity contribution in [3.63, 3.8) is 0 Å². The van der Waals surface area contributed by atoms with Gasteiger partial charge in [0, 0.05) is 13.1 Å². The first-order valence-corrected chi connectivity index (χ1v) is 8.22. The van der Waals surface area contributed by atoms with E-state index < -0.39 is 6.04 Å². The third-order valence-electron chi connectivity index (χ3n) is 4.75. The van der Waals surface area contributed by atoms with E-state index in [1.54, 1.807) is 11.8 Å². The summed E-state index contributed by atoms with van der Waals surface area (Å²) in [4.78, 5) is 14.4. The predicted molar refractivity (Wildman–Crippen MR) is 91.6 cm³/mol. The van der Waals surface area contributed by atoms with E-state index in [-0.39, 0.29) is 11.9 Å². The molecule has 2 atom stereocenters. The first-order valence-electron chi connectivity index (χ1n) is 8.22. The number of ether oxygens (including phenoxy) is 1. The molecule has 0 aliphatic carbocycles. The lowest BCUT2D eigenvalue weighted by Gasteiger charge is -2.31. The molecule has 0 spiro atoms. The van der Waals surface area contributed by atoms with Crippen LogP contribution in [0, 0.1) is 6.92 Å². The second kappa shape index (κ2) is 6.65. The third-order valence-corrected chi connectivity index (χ3v) is 4.75. The van der Waals surface area contributed by atoms with Crippen molar-refractivity contribution in [2.45, 2.75) is 31.8 Å². The van der Waals surface area contributed by atoms with Crippen LogP contribution in [0.3, 0.4) is 0 Å². The zero-order valence-electron chi connectivity index (χ0n) is 14.4. The minimum absolute atomic E-state index is 0.0753. The highest BCUT2D eigenvalue weighted by atomic mass is 16.5. The van der Waals surface area contributed by atoms with Gasteiger partial charge in [0.15, 0.2) is 0 Å². The molecule has 2 aromatic rings. The van der Waals surface area contributed by atoms with E-state index in [2.05, 4.69) is 10.00 Å². The molecule has 1 amide bonds. The van der Waals surface area contributed by atoms with Crippen LogP contribution in [0.15, 0.2) is 30.3 Å². The van der Waals surface area contributed by atoms with Crippen molar-refractivity contribution in [3.05, 3.63) is 47.2 Å². The highest BCUT2D eigenvalue weighted by molar-refractivity contribution is 5.81. The van der Waals surface area contributed by atoms with Gasteiger partial charge < -0.3 is 10.5 Å². The number of aryl methyl sites for hydroxylation is 2. The quantitative estimate of drug-likeness (QED) is 0.912. The smallest absolute Gasteiger partial charge is 0.239 e. The Morgan fingerprint density at radius 1 is 1.38 bits per heavy atom. The molecule has 1 aliphatic heterocycles. The molecule has 1 aromatic carbocycles. The van der Waals surface area contributed by atoms with Gasteiger partial charge in [0.2, 0.25) is 11.8 Å². The maximum atomic E-state index is 12.2. The van der Waals surface area contributed by atoms with Crippen LogP contribution in [-0.2, 0) is 11.8 Å². The molecule has 1 saturated heterocycles. The zero-order valence-corrected chi connectivity index (χ0v) is 14.4. The summed E-state index contributed by atoms with van der Waals surface area (Å²) in [5.74, 6) is 0.425. The molecule has 0 bridgehead atoms. The molecule has 128 valence electrons. The number of hydrogen-bond acceptors (Lipinski definition) is 4. The number of carbonyl (C=O) groups is 1. The van der Waals surface area contributed by atoms with Crippen molar-refractivity contribution in [2.75, 3.05) is 13.7 Å². The largest absolute Gasteiger partial charge is 0.481 e. The lowest BCUT2D eigenvalue weighted by molar-refractivity contribution is -0.123. The van der Waals surface area contributed by atoms with Crippen molar-refractivity contribution >= 4 is 5.91 Å².